The normalized spacial score (nSPS) is 32.0. The van der Waals surface area contributed by atoms with Crippen molar-refractivity contribution in [1.29, 1.82) is 0 Å². The van der Waals surface area contributed by atoms with Gasteiger partial charge in [-0.2, -0.15) is 5.10 Å². The molecule has 1 aromatic rings. The summed E-state index contributed by atoms with van der Waals surface area (Å²) in [7, 11) is 0. The third-order valence-electron chi connectivity index (χ3n) is 6.41. The lowest BCUT2D eigenvalue weighted by atomic mass is 9.49. The number of rotatable bonds is 5. The van der Waals surface area contributed by atoms with E-state index in [9.17, 15) is 9.59 Å². The van der Waals surface area contributed by atoms with Crippen molar-refractivity contribution in [2.45, 2.75) is 45.4 Å². The van der Waals surface area contributed by atoms with Crippen LogP contribution in [0, 0.1) is 30.1 Å². The molecule has 0 aromatic heterocycles. The highest BCUT2D eigenvalue weighted by Gasteiger charge is 2.54. The van der Waals surface area contributed by atoms with Gasteiger partial charge >= 0.3 is 0 Å². The number of carbonyl (C=O) groups excluding carboxylic acids is 2. The molecule has 1 aromatic carbocycles. The number of nitrogens with zero attached hydrogens (tertiary/aromatic N) is 1. The molecule has 0 aliphatic heterocycles. The number of carbonyl (C=O) groups is 2. The monoisotopic (exact) mass is 353 g/mol. The molecule has 0 heterocycles. The summed E-state index contributed by atoms with van der Waals surface area (Å²) in [6.45, 7) is 2.01. The molecule has 5 heteroatoms. The predicted molar refractivity (Wildman–Crippen MR) is 101 cm³/mol. The van der Waals surface area contributed by atoms with Crippen molar-refractivity contribution in [2.75, 3.05) is 6.54 Å². The smallest absolute Gasteiger partial charge is 0.259 e. The van der Waals surface area contributed by atoms with Gasteiger partial charge in [0.25, 0.3) is 5.91 Å². The van der Waals surface area contributed by atoms with Crippen LogP contribution in [0.4, 0.5) is 0 Å². The Balaban J connectivity index is 1.26. The molecule has 0 unspecified atom stereocenters. The van der Waals surface area contributed by atoms with Crippen molar-refractivity contribution in [1.82, 2.24) is 10.7 Å². The fraction of sp³-hybridized carbons (Fsp3) is 0.571. The first-order valence-corrected chi connectivity index (χ1v) is 9.69. The topological polar surface area (TPSA) is 70.6 Å². The van der Waals surface area contributed by atoms with Crippen molar-refractivity contribution < 1.29 is 9.59 Å². The molecule has 4 bridgehead atoms. The van der Waals surface area contributed by atoms with Crippen molar-refractivity contribution in [2.24, 2.45) is 28.3 Å². The summed E-state index contributed by atoms with van der Waals surface area (Å²) >= 11 is 0. The van der Waals surface area contributed by atoms with Gasteiger partial charge in [0.1, 0.15) is 0 Å². The average Bonchev–Trinajstić information content (AvgIpc) is 2.60. The molecule has 4 aliphatic rings. The minimum atomic E-state index is -0.286. The molecule has 0 saturated heterocycles. The van der Waals surface area contributed by atoms with Crippen molar-refractivity contribution in [3.05, 3.63) is 35.4 Å². The van der Waals surface area contributed by atoms with Crippen molar-refractivity contribution in [3.8, 4) is 0 Å². The molecule has 0 radical (unpaired) electrons. The molecule has 138 valence electrons. The van der Waals surface area contributed by atoms with Gasteiger partial charge < -0.3 is 5.32 Å². The highest BCUT2D eigenvalue weighted by Crippen LogP contribution is 2.60. The summed E-state index contributed by atoms with van der Waals surface area (Å²) in [5, 5.41) is 6.84. The van der Waals surface area contributed by atoms with E-state index in [2.05, 4.69) is 15.8 Å². The molecule has 4 fully saturated rings. The van der Waals surface area contributed by atoms with E-state index in [1.54, 1.807) is 6.21 Å². The molecule has 26 heavy (non-hydrogen) atoms. The van der Waals surface area contributed by atoms with Gasteiger partial charge in [-0.05, 0) is 68.8 Å². The molecule has 0 atom stereocenters. The van der Waals surface area contributed by atoms with Crippen LogP contribution in [0.2, 0.25) is 0 Å². The maximum absolute atomic E-state index is 12.8. The lowest BCUT2D eigenvalue weighted by molar-refractivity contribution is -0.147. The Kier molecular flexibility index (Phi) is 4.55. The summed E-state index contributed by atoms with van der Waals surface area (Å²) in [5.41, 5.74) is 4.39. The number of amides is 2. The first kappa shape index (κ1) is 17.3. The zero-order valence-corrected chi connectivity index (χ0v) is 15.3. The standard InChI is InChI=1S/C21H27N3O2/c1-14-2-4-15(5-3-14)12-23-24-19(25)13-22-20(26)21-9-16-6-17(10-21)8-18(7-16)11-21/h2-5,12,16-18H,6-11,13H2,1H3,(H,22,26)(H,24,25). The second-order valence-corrected chi connectivity index (χ2v) is 8.58. The van der Waals surface area contributed by atoms with Crippen LogP contribution in [0.3, 0.4) is 0 Å². The molecule has 2 N–H and O–H groups in total. The summed E-state index contributed by atoms with van der Waals surface area (Å²) in [5.74, 6) is 1.96. The van der Waals surface area contributed by atoms with Crippen LogP contribution in [0.15, 0.2) is 29.4 Å². The van der Waals surface area contributed by atoms with E-state index in [-0.39, 0.29) is 23.8 Å². The Morgan fingerprint density at radius 2 is 1.65 bits per heavy atom. The maximum atomic E-state index is 12.8. The van der Waals surface area contributed by atoms with E-state index in [1.807, 2.05) is 31.2 Å². The molecule has 0 spiro atoms. The lowest BCUT2D eigenvalue weighted by Gasteiger charge is -2.55. The Hall–Kier alpha value is -2.17. The van der Waals surface area contributed by atoms with Crippen LogP contribution >= 0.6 is 0 Å². The quantitative estimate of drug-likeness (QED) is 0.631. The molecule has 5 rings (SSSR count). The van der Waals surface area contributed by atoms with Crippen LogP contribution < -0.4 is 10.7 Å². The van der Waals surface area contributed by atoms with Gasteiger partial charge in [0.2, 0.25) is 5.91 Å². The number of nitrogens with one attached hydrogen (secondary N) is 2. The number of aryl methyl sites for hydroxylation is 1. The fourth-order valence-corrected chi connectivity index (χ4v) is 5.61. The van der Waals surface area contributed by atoms with Crippen LogP contribution in [0.1, 0.15) is 49.7 Å². The van der Waals surface area contributed by atoms with E-state index in [4.69, 9.17) is 0 Å². The molecule has 4 aliphatic carbocycles. The molecular formula is C21H27N3O2. The van der Waals surface area contributed by atoms with Gasteiger partial charge in [-0.15, -0.1) is 0 Å². The maximum Gasteiger partial charge on any atom is 0.259 e. The molecule has 2 amide bonds. The van der Waals surface area contributed by atoms with Crippen LogP contribution in [-0.2, 0) is 9.59 Å². The highest BCUT2D eigenvalue weighted by molar-refractivity contribution is 5.89. The summed E-state index contributed by atoms with van der Waals surface area (Å²) < 4.78 is 0. The van der Waals surface area contributed by atoms with E-state index >= 15 is 0 Å². The molecule has 4 saturated carbocycles. The minimum Gasteiger partial charge on any atom is -0.346 e. The van der Waals surface area contributed by atoms with E-state index in [0.717, 1.165) is 42.6 Å². The summed E-state index contributed by atoms with van der Waals surface area (Å²) in [4.78, 5) is 24.8. The lowest BCUT2D eigenvalue weighted by Crippen LogP contribution is -2.54. The van der Waals surface area contributed by atoms with Gasteiger partial charge in [-0.3, -0.25) is 9.59 Å². The largest absolute Gasteiger partial charge is 0.346 e. The van der Waals surface area contributed by atoms with Crippen molar-refractivity contribution >= 4 is 18.0 Å². The van der Waals surface area contributed by atoms with Crippen LogP contribution in [-0.4, -0.2) is 24.6 Å². The van der Waals surface area contributed by atoms with Gasteiger partial charge in [0.05, 0.1) is 12.8 Å². The zero-order chi connectivity index (χ0) is 18.1. The first-order chi connectivity index (χ1) is 12.5. The van der Waals surface area contributed by atoms with E-state index in [0.29, 0.717) is 0 Å². The highest BCUT2D eigenvalue weighted by atomic mass is 16.2. The number of benzene rings is 1. The number of hydrogen-bond acceptors (Lipinski definition) is 3. The minimum absolute atomic E-state index is 0.00811. The Labute approximate surface area is 154 Å². The van der Waals surface area contributed by atoms with E-state index in [1.165, 1.54) is 24.8 Å². The Morgan fingerprint density at radius 1 is 1.08 bits per heavy atom. The number of hydrogen-bond donors (Lipinski definition) is 2. The van der Waals surface area contributed by atoms with Crippen LogP contribution in [0.25, 0.3) is 0 Å². The molecular weight excluding hydrogens is 326 g/mol. The first-order valence-electron chi connectivity index (χ1n) is 9.69. The fourth-order valence-electron chi connectivity index (χ4n) is 5.61. The SMILES string of the molecule is Cc1ccc(C=NNC(=O)CNC(=O)C23CC4CC(CC(C4)C2)C3)cc1. The van der Waals surface area contributed by atoms with Gasteiger partial charge in [-0.1, -0.05) is 29.8 Å². The van der Waals surface area contributed by atoms with Crippen molar-refractivity contribution in [3.63, 3.8) is 0 Å². The van der Waals surface area contributed by atoms with E-state index < -0.39 is 0 Å². The Morgan fingerprint density at radius 3 is 2.23 bits per heavy atom. The zero-order valence-electron chi connectivity index (χ0n) is 15.3. The van der Waals surface area contributed by atoms with Gasteiger partial charge in [0.15, 0.2) is 0 Å². The summed E-state index contributed by atoms with van der Waals surface area (Å²) in [6.07, 6.45) is 8.56. The third-order valence-corrected chi connectivity index (χ3v) is 6.41. The number of hydrazone groups is 1. The predicted octanol–water partition coefficient (Wildman–Crippen LogP) is 2.78. The second-order valence-electron chi connectivity index (χ2n) is 8.58. The van der Waals surface area contributed by atoms with Gasteiger partial charge in [-0.25, -0.2) is 5.43 Å². The third kappa shape index (κ3) is 3.53. The summed E-state index contributed by atoms with van der Waals surface area (Å²) in [6, 6.07) is 7.88. The molecule has 5 nitrogen and oxygen atoms in total. The van der Waals surface area contributed by atoms with Crippen LogP contribution in [0.5, 0.6) is 0 Å². The van der Waals surface area contributed by atoms with Gasteiger partial charge in [0, 0.05) is 5.41 Å². The second kappa shape index (κ2) is 6.86. The average molecular weight is 353 g/mol. The Bertz CT molecular complexity index is 688.